The number of para-hydroxylation sites is 2. The number of rotatable bonds is 3. The van der Waals surface area contributed by atoms with Crippen molar-refractivity contribution in [3.8, 4) is 22.6 Å². The summed E-state index contributed by atoms with van der Waals surface area (Å²) < 4.78 is 9.60. The van der Waals surface area contributed by atoms with E-state index in [2.05, 4.69) is 147 Å². The SMILES string of the molecule is CC(C)C1C(C(C)C)C2(c3ccc4c(c3-c3cc(C(C)(C)C)c5ccccc5[n+]32)C(C)(C)c2c-4oc3ccccc23)C1C(C)C. The van der Waals surface area contributed by atoms with E-state index in [9.17, 15) is 0 Å². The zero-order chi connectivity index (χ0) is 32.0. The number of furan rings is 1. The van der Waals surface area contributed by atoms with Gasteiger partial charge in [0.2, 0.25) is 16.7 Å². The molecule has 0 saturated heterocycles. The maximum Gasteiger partial charge on any atom is 0.214 e. The van der Waals surface area contributed by atoms with Crippen LogP contribution in [0.1, 0.15) is 98.4 Å². The Morgan fingerprint density at radius 2 is 1.36 bits per heavy atom. The number of benzene rings is 3. The second-order valence-corrected chi connectivity index (χ2v) is 17.1. The molecule has 0 radical (unpaired) electrons. The van der Waals surface area contributed by atoms with Crippen LogP contribution in [0.2, 0.25) is 0 Å². The second-order valence-electron chi connectivity index (χ2n) is 17.1. The molecule has 232 valence electrons. The Labute approximate surface area is 269 Å². The molecule has 0 amide bonds. The molecule has 2 aliphatic carbocycles. The number of pyridine rings is 1. The maximum absolute atomic E-state index is 6.72. The third-order valence-electron chi connectivity index (χ3n) is 12.2. The Kier molecular flexibility index (Phi) is 5.88. The lowest BCUT2D eigenvalue weighted by Crippen LogP contribution is -2.77. The van der Waals surface area contributed by atoms with E-state index >= 15 is 0 Å². The molecule has 0 N–H and O–H groups in total. The van der Waals surface area contributed by atoms with Crippen molar-refractivity contribution in [1.82, 2.24) is 0 Å². The molecule has 3 aromatic carbocycles. The van der Waals surface area contributed by atoms with Gasteiger partial charge in [0.25, 0.3) is 0 Å². The summed E-state index contributed by atoms with van der Waals surface area (Å²) in [5, 5.41) is 2.65. The summed E-state index contributed by atoms with van der Waals surface area (Å²) in [5.41, 5.74) is 12.0. The molecule has 45 heavy (non-hydrogen) atoms. The largest absolute Gasteiger partial charge is 0.456 e. The second kappa shape index (κ2) is 9.11. The average Bonchev–Trinajstić information content (AvgIpc) is 3.56. The quantitative estimate of drug-likeness (QED) is 0.189. The van der Waals surface area contributed by atoms with Crippen molar-refractivity contribution >= 4 is 21.9 Å². The third kappa shape index (κ3) is 3.39. The predicted octanol–water partition coefficient (Wildman–Crippen LogP) is 11.0. The van der Waals surface area contributed by atoms with E-state index in [4.69, 9.17) is 4.42 Å². The first-order chi connectivity index (χ1) is 21.2. The van der Waals surface area contributed by atoms with Gasteiger partial charge in [-0.2, -0.15) is 4.57 Å². The number of nitrogens with zero attached hydrogens (tertiary/aromatic N) is 1. The van der Waals surface area contributed by atoms with Crippen LogP contribution in [0, 0.1) is 35.5 Å². The molecule has 1 saturated carbocycles. The molecule has 1 aliphatic heterocycles. The van der Waals surface area contributed by atoms with Gasteiger partial charge in [0.05, 0.1) is 10.9 Å². The maximum atomic E-state index is 6.72. The summed E-state index contributed by atoms with van der Waals surface area (Å²) >= 11 is 0. The Hall–Kier alpha value is -3.39. The first kappa shape index (κ1) is 29.0. The van der Waals surface area contributed by atoms with Crippen LogP contribution in [0.4, 0.5) is 0 Å². The summed E-state index contributed by atoms with van der Waals surface area (Å²) in [7, 11) is 0. The number of hydrogen-bond donors (Lipinski definition) is 0. The normalized spacial score (nSPS) is 24.5. The summed E-state index contributed by atoms with van der Waals surface area (Å²) in [4.78, 5) is 0. The van der Waals surface area contributed by atoms with Crippen LogP contribution in [-0.4, -0.2) is 0 Å². The number of hydrogen-bond acceptors (Lipinski definition) is 1. The van der Waals surface area contributed by atoms with Crippen molar-refractivity contribution in [2.24, 2.45) is 35.5 Å². The van der Waals surface area contributed by atoms with Crippen molar-refractivity contribution in [1.29, 1.82) is 0 Å². The van der Waals surface area contributed by atoms with Gasteiger partial charge < -0.3 is 4.42 Å². The van der Waals surface area contributed by atoms with Gasteiger partial charge in [-0.05, 0) is 52.3 Å². The molecule has 2 unspecified atom stereocenters. The van der Waals surface area contributed by atoms with Crippen LogP contribution < -0.4 is 4.57 Å². The zero-order valence-electron chi connectivity index (χ0n) is 29.2. The van der Waals surface area contributed by atoms with Crippen LogP contribution in [0.5, 0.6) is 0 Å². The fourth-order valence-corrected chi connectivity index (χ4v) is 11.0. The van der Waals surface area contributed by atoms with E-state index in [0.717, 1.165) is 11.3 Å². The number of aromatic nitrogens is 1. The monoisotopic (exact) mass is 596 g/mol. The smallest absolute Gasteiger partial charge is 0.214 e. The highest BCUT2D eigenvalue weighted by atomic mass is 16.3. The molecule has 5 aromatic rings. The van der Waals surface area contributed by atoms with Gasteiger partial charge in [0.1, 0.15) is 11.3 Å². The molecule has 2 atom stereocenters. The van der Waals surface area contributed by atoms with Crippen LogP contribution in [0.15, 0.2) is 71.1 Å². The lowest BCUT2D eigenvalue weighted by Gasteiger charge is -2.61. The molecule has 3 heterocycles. The highest BCUT2D eigenvalue weighted by molar-refractivity contribution is 5.98. The Morgan fingerprint density at radius 3 is 1.98 bits per heavy atom. The third-order valence-corrected chi connectivity index (χ3v) is 12.2. The molecule has 3 aliphatic rings. The van der Waals surface area contributed by atoms with Gasteiger partial charge in [-0.3, -0.25) is 0 Å². The molecular formula is C43H50NO+. The summed E-state index contributed by atoms with van der Waals surface area (Å²) in [6.07, 6.45) is 0. The van der Waals surface area contributed by atoms with E-state index in [1.807, 2.05) is 0 Å². The number of fused-ring (bicyclic) bond motifs is 13. The summed E-state index contributed by atoms with van der Waals surface area (Å²) in [5.74, 6) is 4.55. The summed E-state index contributed by atoms with van der Waals surface area (Å²) in [6, 6.07) is 25.5. The fraction of sp³-hybridized carbons (Fsp3) is 0.465. The van der Waals surface area contributed by atoms with Gasteiger partial charge in [-0.1, -0.05) is 119 Å². The van der Waals surface area contributed by atoms with E-state index in [1.165, 1.54) is 49.8 Å². The fourth-order valence-electron chi connectivity index (χ4n) is 11.0. The minimum atomic E-state index is -0.193. The van der Waals surface area contributed by atoms with Crippen LogP contribution in [-0.2, 0) is 16.4 Å². The summed E-state index contributed by atoms with van der Waals surface area (Å²) in [6.45, 7) is 26.9. The lowest BCUT2D eigenvalue weighted by molar-refractivity contribution is -0.757. The van der Waals surface area contributed by atoms with E-state index < -0.39 is 0 Å². The van der Waals surface area contributed by atoms with Gasteiger partial charge in [-0.25, -0.2) is 0 Å². The predicted molar refractivity (Wildman–Crippen MR) is 188 cm³/mol. The minimum absolute atomic E-state index is 0.00954. The van der Waals surface area contributed by atoms with Gasteiger partial charge in [0.15, 0.2) is 0 Å². The highest BCUT2D eigenvalue weighted by Crippen LogP contribution is 2.68. The Morgan fingerprint density at radius 1 is 0.733 bits per heavy atom. The van der Waals surface area contributed by atoms with E-state index in [0.29, 0.717) is 35.5 Å². The van der Waals surface area contributed by atoms with Crippen molar-refractivity contribution in [2.45, 2.75) is 92.5 Å². The first-order valence-corrected chi connectivity index (χ1v) is 17.4. The molecule has 2 aromatic heterocycles. The van der Waals surface area contributed by atoms with Crippen LogP contribution in [0.25, 0.3) is 44.5 Å². The van der Waals surface area contributed by atoms with Gasteiger partial charge in [0, 0.05) is 51.5 Å². The molecule has 2 heteroatoms. The zero-order valence-corrected chi connectivity index (χ0v) is 29.2. The van der Waals surface area contributed by atoms with E-state index in [-0.39, 0.29) is 16.4 Å². The standard InChI is InChI=1S/C43H50NO/c1-23(2)34-36(24(3)4)43(37(34)25(5)6)29-21-20-28-38(42(10,11)39-27-17-13-15-19-33(27)45-40(28)39)35(29)32-22-30(41(7,8)9)26-16-12-14-18-31(26)44(32)43/h12-25,34,36-37H,1-11H3/q+1. The molecule has 8 rings (SSSR count). The lowest BCUT2D eigenvalue weighted by atomic mass is 9.41. The molecule has 1 spiro atoms. The minimum Gasteiger partial charge on any atom is -0.456 e. The van der Waals surface area contributed by atoms with E-state index in [1.54, 1.807) is 5.56 Å². The highest BCUT2D eigenvalue weighted by Gasteiger charge is 2.75. The Balaban J connectivity index is 1.57. The van der Waals surface area contributed by atoms with Crippen LogP contribution >= 0.6 is 0 Å². The molecule has 2 nitrogen and oxygen atoms in total. The molecular weight excluding hydrogens is 546 g/mol. The first-order valence-electron chi connectivity index (χ1n) is 17.4. The Bertz CT molecular complexity index is 2010. The van der Waals surface area contributed by atoms with Crippen molar-refractivity contribution < 1.29 is 8.98 Å². The van der Waals surface area contributed by atoms with Crippen LogP contribution in [0.3, 0.4) is 0 Å². The van der Waals surface area contributed by atoms with Crippen molar-refractivity contribution in [3.63, 3.8) is 0 Å². The average molecular weight is 597 g/mol. The van der Waals surface area contributed by atoms with Gasteiger partial charge >= 0.3 is 0 Å². The van der Waals surface area contributed by atoms with Crippen molar-refractivity contribution in [3.05, 3.63) is 89.0 Å². The van der Waals surface area contributed by atoms with Crippen molar-refractivity contribution in [2.75, 3.05) is 0 Å². The van der Waals surface area contributed by atoms with Gasteiger partial charge in [-0.15, -0.1) is 0 Å². The topological polar surface area (TPSA) is 17.0 Å². The molecule has 0 bridgehead atoms. The molecule has 1 fully saturated rings.